The third kappa shape index (κ3) is 4.80. The first-order valence-corrected chi connectivity index (χ1v) is 13.1. The van der Waals surface area contributed by atoms with E-state index in [1.54, 1.807) is 0 Å². The number of halogens is 4. The summed E-state index contributed by atoms with van der Waals surface area (Å²) in [6.07, 6.45) is 0. The van der Waals surface area contributed by atoms with Crippen molar-refractivity contribution in [1.82, 2.24) is 0 Å². The molecule has 0 saturated carbocycles. The highest BCUT2D eigenvalue weighted by Gasteiger charge is 2.32. The van der Waals surface area contributed by atoms with Crippen LogP contribution in [-0.4, -0.2) is 0 Å². The van der Waals surface area contributed by atoms with E-state index in [-0.39, 0.29) is 11.8 Å². The molecule has 0 aliphatic rings. The van der Waals surface area contributed by atoms with Gasteiger partial charge in [-0.05, 0) is 22.3 Å². The minimum atomic E-state index is -0.229. The highest BCUT2D eigenvalue weighted by atomic mass is 35.5. The van der Waals surface area contributed by atoms with E-state index in [0.29, 0.717) is 20.1 Å². The lowest BCUT2D eigenvalue weighted by Crippen LogP contribution is -2.11. The lowest BCUT2D eigenvalue weighted by atomic mass is 9.80. The average molecular weight is 548 g/mol. The standard InChI is InChI=1S/C32H22Cl4/c33-29-27(25(21-13-5-1-6-14-21)22-15-7-2-8-16-22)30(34)32(36)31(35)28(29)26(23-17-9-3-10-18-23)24-19-11-4-12-20-24/h1-20,25-26H. The van der Waals surface area contributed by atoms with Gasteiger partial charge in [-0.1, -0.05) is 168 Å². The number of hydrogen-bond donors (Lipinski definition) is 0. The Balaban J connectivity index is 1.83. The quantitative estimate of drug-likeness (QED) is 0.113. The first-order valence-electron chi connectivity index (χ1n) is 11.6. The Morgan fingerprint density at radius 2 is 0.556 bits per heavy atom. The minimum Gasteiger partial charge on any atom is -0.0836 e. The predicted molar refractivity (Wildman–Crippen MR) is 154 cm³/mol. The van der Waals surface area contributed by atoms with Gasteiger partial charge in [-0.3, -0.25) is 0 Å². The van der Waals surface area contributed by atoms with Gasteiger partial charge in [0.1, 0.15) is 0 Å². The Bertz CT molecular complexity index is 1260. The van der Waals surface area contributed by atoms with E-state index in [0.717, 1.165) is 33.4 Å². The van der Waals surface area contributed by atoms with E-state index in [1.807, 2.05) is 72.8 Å². The van der Waals surface area contributed by atoms with Crippen molar-refractivity contribution in [3.63, 3.8) is 0 Å². The zero-order valence-corrected chi connectivity index (χ0v) is 22.2. The van der Waals surface area contributed by atoms with Crippen LogP contribution in [0.15, 0.2) is 121 Å². The van der Waals surface area contributed by atoms with Crippen molar-refractivity contribution < 1.29 is 0 Å². The second-order valence-electron chi connectivity index (χ2n) is 8.59. The topological polar surface area (TPSA) is 0 Å². The first kappa shape index (κ1) is 24.9. The lowest BCUT2D eigenvalue weighted by molar-refractivity contribution is 0.940. The Morgan fingerprint density at radius 1 is 0.306 bits per heavy atom. The molecule has 0 N–H and O–H groups in total. The van der Waals surface area contributed by atoms with Gasteiger partial charge in [-0.2, -0.15) is 0 Å². The van der Waals surface area contributed by atoms with Gasteiger partial charge in [0, 0.05) is 23.0 Å². The fourth-order valence-corrected chi connectivity index (χ4v) is 6.16. The molecule has 0 aliphatic heterocycles. The summed E-state index contributed by atoms with van der Waals surface area (Å²) in [6.45, 7) is 0. The highest BCUT2D eigenvalue weighted by Crippen LogP contribution is 2.51. The van der Waals surface area contributed by atoms with Crippen LogP contribution in [0.2, 0.25) is 20.1 Å². The van der Waals surface area contributed by atoms with Crippen molar-refractivity contribution in [3.8, 4) is 0 Å². The minimum absolute atomic E-state index is 0.229. The normalized spacial score (nSPS) is 11.3. The summed E-state index contributed by atoms with van der Waals surface area (Å²) in [6, 6.07) is 40.8. The largest absolute Gasteiger partial charge is 0.0836 e. The molecule has 0 fully saturated rings. The van der Waals surface area contributed by atoms with Gasteiger partial charge in [0.2, 0.25) is 0 Å². The summed E-state index contributed by atoms with van der Waals surface area (Å²) in [5, 5.41) is 1.56. The van der Waals surface area contributed by atoms with Crippen molar-refractivity contribution >= 4 is 46.4 Å². The van der Waals surface area contributed by atoms with E-state index in [1.165, 1.54) is 0 Å². The fraction of sp³-hybridized carbons (Fsp3) is 0.0625. The van der Waals surface area contributed by atoms with E-state index >= 15 is 0 Å². The van der Waals surface area contributed by atoms with Crippen molar-refractivity contribution in [1.29, 1.82) is 0 Å². The van der Waals surface area contributed by atoms with Gasteiger partial charge < -0.3 is 0 Å². The summed E-state index contributed by atoms with van der Waals surface area (Å²) in [7, 11) is 0. The van der Waals surface area contributed by atoms with Crippen LogP contribution in [0.4, 0.5) is 0 Å². The molecule has 178 valence electrons. The van der Waals surface area contributed by atoms with Crippen molar-refractivity contribution in [2.45, 2.75) is 11.8 Å². The molecule has 0 spiro atoms. The molecule has 0 atom stereocenters. The molecule has 4 heteroatoms. The van der Waals surface area contributed by atoms with E-state index in [2.05, 4.69) is 48.5 Å². The molecule has 0 bridgehead atoms. The first-order chi connectivity index (χ1) is 17.6. The molecule has 5 aromatic carbocycles. The zero-order valence-electron chi connectivity index (χ0n) is 19.2. The Hall–Kier alpha value is -2.74. The summed E-state index contributed by atoms with van der Waals surface area (Å²) in [5.74, 6) is -0.457. The summed E-state index contributed by atoms with van der Waals surface area (Å²) >= 11 is 28.2. The third-order valence-corrected chi connectivity index (χ3v) is 8.20. The zero-order chi connectivity index (χ0) is 25.1. The highest BCUT2D eigenvalue weighted by molar-refractivity contribution is 6.50. The second-order valence-corrected chi connectivity index (χ2v) is 10.1. The van der Waals surface area contributed by atoms with Gasteiger partial charge in [-0.15, -0.1) is 0 Å². The molecular formula is C32H22Cl4. The number of benzene rings is 5. The van der Waals surface area contributed by atoms with Crippen molar-refractivity contribution in [2.75, 3.05) is 0 Å². The van der Waals surface area contributed by atoms with Crippen LogP contribution in [0.1, 0.15) is 45.2 Å². The van der Waals surface area contributed by atoms with Gasteiger partial charge in [0.25, 0.3) is 0 Å². The van der Waals surface area contributed by atoms with Crippen LogP contribution in [0, 0.1) is 0 Å². The molecule has 0 aliphatic carbocycles. The van der Waals surface area contributed by atoms with E-state index in [9.17, 15) is 0 Å². The smallest absolute Gasteiger partial charge is 0.0785 e. The molecule has 36 heavy (non-hydrogen) atoms. The van der Waals surface area contributed by atoms with Gasteiger partial charge in [0.05, 0.1) is 20.1 Å². The van der Waals surface area contributed by atoms with Crippen molar-refractivity contribution in [2.24, 2.45) is 0 Å². The maximum absolute atomic E-state index is 7.35. The van der Waals surface area contributed by atoms with Gasteiger partial charge >= 0.3 is 0 Å². The van der Waals surface area contributed by atoms with Crippen molar-refractivity contribution in [3.05, 3.63) is 175 Å². The van der Waals surface area contributed by atoms with Crippen LogP contribution in [0.3, 0.4) is 0 Å². The van der Waals surface area contributed by atoms with Gasteiger partial charge in [0.15, 0.2) is 0 Å². The lowest BCUT2D eigenvalue weighted by Gasteiger charge is -2.28. The summed E-state index contributed by atoms with van der Waals surface area (Å²) in [4.78, 5) is 0. The maximum Gasteiger partial charge on any atom is 0.0785 e. The molecule has 0 nitrogen and oxygen atoms in total. The molecule has 0 heterocycles. The monoisotopic (exact) mass is 546 g/mol. The number of hydrogen-bond acceptors (Lipinski definition) is 0. The van der Waals surface area contributed by atoms with Crippen LogP contribution in [0.25, 0.3) is 0 Å². The van der Waals surface area contributed by atoms with Crippen LogP contribution in [0.5, 0.6) is 0 Å². The van der Waals surface area contributed by atoms with E-state index < -0.39 is 0 Å². The Morgan fingerprint density at radius 3 is 0.806 bits per heavy atom. The third-order valence-electron chi connectivity index (χ3n) is 6.44. The van der Waals surface area contributed by atoms with Crippen LogP contribution >= 0.6 is 46.4 Å². The molecular weight excluding hydrogens is 526 g/mol. The molecule has 0 unspecified atom stereocenters. The summed E-state index contributed by atoms with van der Waals surface area (Å²) < 4.78 is 0. The molecule has 5 aromatic rings. The Labute approximate surface area is 232 Å². The Kier molecular flexibility index (Phi) is 7.70. The number of rotatable bonds is 6. The van der Waals surface area contributed by atoms with E-state index in [4.69, 9.17) is 46.4 Å². The average Bonchev–Trinajstić information content (AvgIpc) is 2.94. The van der Waals surface area contributed by atoms with Crippen LogP contribution < -0.4 is 0 Å². The molecule has 5 rings (SSSR count). The van der Waals surface area contributed by atoms with Crippen LogP contribution in [-0.2, 0) is 0 Å². The molecule has 0 radical (unpaired) electrons. The van der Waals surface area contributed by atoms with Gasteiger partial charge in [-0.25, -0.2) is 0 Å². The molecule has 0 saturated heterocycles. The maximum atomic E-state index is 7.35. The SMILES string of the molecule is Clc1c(Cl)c(C(c2ccccc2)c2ccccc2)c(Cl)c(C(c2ccccc2)c2ccccc2)c1Cl. The predicted octanol–water partition coefficient (Wildman–Crippen LogP) is 10.7. The molecule has 0 amide bonds. The molecule has 0 aromatic heterocycles. The second kappa shape index (κ2) is 11.1. The summed E-state index contributed by atoms with van der Waals surface area (Å²) in [5.41, 5.74) is 5.75. The fourth-order valence-electron chi connectivity index (χ4n) is 4.81.